The molecule has 0 saturated carbocycles. The lowest BCUT2D eigenvalue weighted by molar-refractivity contribution is 0.179. The maximum atomic E-state index is 5.41. The molecule has 1 aromatic rings. The molecule has 0 bridgehead atoms. The highest BCUT2D eigenvalue weighted by molar-refractivity contribution is 14.1. The molecule has 1 atom stereocenters. The molecule has 1 saturated heterocycles. The molecule has 1 aliphatic rings. The molecule has 2 rings (SSSR count). The molecule has 1 fully saturated rings. The minimum Gasteiger partial charge on any atom is -0.381 e. The number of anilines is 1. The summed E-state index contributed by atoms with van der Waals surface area (Å²) in [7, 11) is 1.69. The molecule has 0 radical (unpaired) electrons. The molecule has 6 heteroatoms. The fraction of sp³-hybridized carbons (Fsp3) is 0.692. The molecule has 19 heavy (non-hydrogen) atoms. The van der Waals surface area contributed by atoms with E-state index in [1.54, 1.807) is 7.11 Å². The fourth-order valence-electron chi connectivity index (χ4n) is 2.16. The van der Waals surface area contributed by atoms with E-state index in [0.29, 0.717) is 12.5 Å². The van der Waals surface area contributed by atoms with E-state index >= 15 is 0 Å². The second-order valence-corrected chi connectivity index (χ2v) is 5.72. The van der Waals surface area contributed by atoms with Gasteiger partial charge in [0.05, 0.1) is 15.9 Å². The highest BCUT2D eigenvalue weighted by atomic mass is 127. The quantitative estimate of drug-likeness (QED) is 0.771. The Morgan fingerprint density at radius 1 is 1.47 bits per heavy atom. The first kappa shape index (κ1) is 14.9. The molecule has 5 nitrogen and oxygen atoms in total. The third kappa shape index (κ3) is 4.00. The summed E-state index contributed by atoms with van der Waals surface area (Å²) in [6, 6.07) is 0. The van der Waals surface area contributed by atoms with E-state index in [2.05, 4.69) is 44.8 Å². The summed E-state index contributed by atoms with van der Waals surface area (Å²) >= 11 is 2.28. The molecule has 106 valence electrons. The van der Waals surface area contributed by atoms with Gasteiger partial charge in [0, 0.05) is 33.3 Å². The van der Waals surface area contributed by atoms with Crippen molar-refractivity contribution in [2.24, 2.45) is 5.92 Å². The van der Waals surface area contributed by atoms with Crippen molar-refractivity contribution in [2.75, 3.05) is 32.2 Å². The minimum absolute atomic E-state index is 0.521. The van der Waals surface area contributed by atoms with Crippen LogP contribution < -0.4 is 5.32 Å². The van der Waals surface area contributed by atoms with Crippen LogP contribution in [0.4, 0.5) is 5.82 Å². The molecular weight excluding hydrogens is 357 g/mol. The Kier molecular flexibility index (Phi) is 5.77. The van der Waals surface area contributed by atoms with Crippen LogP contribution in [-0.2, 0) is 22.5 Å². The summed E-state index contributed by atoms with van der Waals surface area (Å²) in [5, 5.41) is 3.29. The Morgan fingerprint density at radius 2 is 2.32 bits per heavy atom. The van der Waals surface area contributed by atoms with Crippen LogP contribution in [-0.4, -0.2) is 36.8 Å². The first-order valence-corrected chi connectivity index (χ1v) is 7.68. The van der Waals surface area contributed by atoms with Crippen molar-refractivity contribution in [1.29, 1.82) is 0 Å². The van der Waals surface area contributed by atoms with E-state index in [-0.39, 0.29) is 0 Å². The van der Waals surface area contributed by atoms with E-state index in [4.69, 9.17) is 9.47 Å². The van der Waals surface area contributed by atoms with Gasteiger partial charge in [-0.1, -0.05) is 0 Å². The monoisotopic (exact) mass is 377 g/mol. The number of aromatic nitrogens is 2. The molecule has 0 amide bonds. The normalized spacial score (nSPS) is 18.8. The van der Waals surface area contributed by atoms with Crippen LogP contribution in [0.2, 0.25) is 0 Å². The number of hydrogen-bond acceptors (Lipinski definition) is 5. The third-order valence-electron chi connectivity index (χ3n) is 3.09. The zero-order chi connectivity index (χ0) is 13.7. The smallest absolute Gasteiger partial charge is 0.143 e. The van der Waals surface area contributed by atoms with Gasteiger partial charge in [-0.15, -0.1) is 0 Å². The van der Waals surface area contributed by atoms with E-state index in [1.165, 1.54) is 0 Å². The standard InChI is InChI=1S/C13H20IN3O2/c1-3-15-13-12(14)10(8-18-2)16-11(17-13)6-9-4-5-19-7-9/h9H,3-8H2,1-2H3,(H,15,16,17). The summed E-state index contributed by atoms with van der Waals surface area (Å²) in [4.78, 5) is 9.26. The highest BCUT2D eigenvalue weighted by Gasteiger charge is 2.19. The second kappa shape index (κ2) is 7.35. The molecule has 0 spiro atoms. The number of ether oxygens (including phenoxy) is 2. The number of hydrogen-bond donors (Lipinski definition) is 1. The number of halogens is 1. The molecule has 1 N–H and O–H groups in total. The largest absolute Gasteiger partial charge is 0.381 e. The Hall–Kier alpha value is -0.470. The topological polar surface area (TPSA) is 56.3 Å². The molecule has 0 aliphatic carbocycles. The number of nitrogens with one attached hydrogen (secondary N) is 1. The van der Waals surface area contributed by atoms with E-state index in [0.717, 1.165) is 53.5 Å². The highest BCUT2D eigenvalue weighted by Crippen LogP contribution is 2.22. The lowest BCUT2D eigenvalue weighted by Crippen LogP contribution is -2.13. The SMILES string of the molecule is CCNc1nc(CC2CCOC2)nc(COC)c1I. The average Bonchev–Trinajstić information content (AvgIpc) is 2.88. The van der Waals surface area contributed by atoms with Crippen LogP contribution in [0.15, 0.2) is 0 Å². The van der Waals surface area contributed by atoms with Crippen molar-refractivity contribution in [2.45, 2.75) is 26.4 Å². The summed E-state index contributed by atoms with van der Waals surface area (Å²) < 4.78 is 11.7. The Labute approximate surface area is 127 Å². The summed E-state index contributed by atoms with van der Waals surface area (Å²) in [5.41, 5.74) is 0.961. The van der Waals surface area contributed by atoms with Gasteiger partial charge in [-0.2, -0.15) is 0 Å². The summed E-state index contributed by atoms with van der Waals surface area (Å²) in [6.07, 6.45) is 1.98. The van der Waals surface area contributed by atoms with Gasteiger partial charge >= 0.3 is 0 Å². The summed E-state index contributed by atoms with van der Waals surface area (Å²) in [6.45, 7) is 5.13. The van der Waals surface area contributed by atoms with Gasteiger partial charge in [0.2, 0.25) is 0 Å². The Morgan fingerprint density at radius 3 is 2.95 bits per heavy atom. The van der Waals surface area contributed by atoms with E-state index in [1.807, 2.05) is 0 Å². The fourth-order valence-corrected chi connectivity index (χ4v) is 2.74. The second-order valence-electron chi connectivity index (χ2n) is 4.65. The maximum Gasteiger partial charge on any atom is 0.143 e. The first-order valence-electron chi connectivity index (χ1n) is 6.60. The van der Waals surface area contributed by atoms with Crippen LogP contribution in [0.5, 0.6) is 0 Å². The third-order valence-corrected chi connectivity index (χ3v) is 4.22. The zero-order valence-electron chi connectivity index (χ0n) is 11.4. The van der Waals surface area contributed by atoms with Crippen molar-refractivity contribution in [3.05, 3.63) is 15.1 Å². The van der Waals surface area contributed by atoms with Gasteiger partial charge in [-0.05, 0) is 41.9 Å². The molecule has 1 unspecified atom stereocenters. The van der Waals surface area contributed by atoms with Gasteiger partial charge in [0.1, 0.15) is 11.6 Å². The van der Waals surface area contributed by atoms with Crippen LogP contribution in [0.25, 0.3) is 0 Å². The predicted octanol–water partition coefficient (Wildman–Crippen LogP) is 2.24. The molecule has 1 aliphatic heterocycles. The minimum atomic E-state index is 0.521. The summed E-state index contributed by atoms with van der Waals surface area (Å²) in [5.74, 6) is 2.35. The van der Waals surface area contributed by atoms with Gasteiger partial charge in [0.25, 0.3) is 0 Å². The van der Waals surface area contributed by atoms with Crippen LogP contribution in [0, 0.1) is 9.49 Å². The number of rotatable bonds is 6. The molecule has 1 aromatic heterocycles. The van der Waals surface area contributed by atoms with Crippen molar-refractivity contribution in [3.8, 4) is 0 Å². The van der Waals surface area contributed by atoms with Gasteiger partial charge < -0.3 is 14.8 Å². The van der Waals surface area contributed by atoms with Crippen molar-refractivity contribution in [1.82, 2.24) is 9.97 Å². The van der Waals surface area contributed by atoms with Gasteiger partial charge in [-0.25, -0.2) is 9.97 Å². The van der Waals surface area contributed by atoms with Crippen molar-refractivity contribution < 1.29 is 9.47 Å². The van der Waals surface area contributed by atoms with Gasteiger partial charge in [0.15, 0.2) is 0 Å². The average molecular weight is 377 g/mol. The Bertz CT molecular complexity index is 395. The first-order chi connectivity index (χ1) is 9.24. The number of nitrogens with zero attached hydrogens (tertiary/aromatic N) is 2. The lowest BCUT2D eigenvalue weighted by atomic mass is 10.0. The predicted molar refractivity (Wildman–Crippen MR) is 82.3 cm³/mol. The molecular formula is C13H20IN3O2. The molecule has 0 aromatic carbocycles. The van der Waals surface area contributed by atoms with E-state index in [9.17, 15) is 0 Å². The maximum absolute atomic E-state index is 5.41. The zero-order valence-corrected chi connectivity index (χ0v) is 13.6. The van der Waals surface area contributed by atoms with Crippen LogP contribution in [0.1, 0.15) is 24.9 Å². The van der Waals surface area contributed by atoms with Crippen molar-refractivity contribution >= 4 is 28.4 Å². The molecule has 2 heterocycles. The van der Waals surface area contributed by atoms with Crippen LogP contribution in [0.3, 0.4) is 0 Å². The lowest BCUT2D eigenvalue weighted by Gasteiger charge is -2.13. The Balaban J connectivity index is 2.20. The van der Waals surface area contributed by atoms with Gasteiger partial charge in [-0.3, -0.25) is 0 Å². The van der Waals surface area contributed by atoms with Crippen molar-refractivity contribution in [3.63, 3.8) is 0 Å². The van der Waals surface area contributed by atoms with Crippen LogP contribution >= 0.6 is 22.6 Å². The number of methoxy groups -OCH3 is 1. The van der Waals surface area contributed by atoms with E-state index < -0.39 is 0 Å².